The molecule has 1 saturated carbocycles. The predicted octanol–water partition coefficient (Wildman–Crippen LogP) is 2.60. The van der Waals surface area contributed by atoms with E-state index in [1.165, 1.54) is 12.3 Å². The van der Waals surface area contributed by atoms with Gasteiger partial charge in [0.25, 0.3) is 5.88 Å². The van der Waals surface area contributed by atoms with Gasteiger partial charge in [-0.1, -0.05) is 0 Å². The van der Waals surface area contributed by atoms with Gasteiger partial charge >= 0.3 is 6.36 Å². The summed E-state index contributed by atoms with van der Waals surface area (Å²) < 4.78 is 46.8. The first-order chi connectivity index (χ1) is 12.5. The van der Waals surface area contributed by atoms with Crippen LogP contribution in [0.15, 0.2) is 18.3 Å². The van der Waals surface area contributed by atoms with Crippen LogP contribution < -0.4 is 14.8 Å². The van der Waals surface area contributed by atoms with E-state index in [1.807, 2.05) is 7.05 Å². The number of likely N-dealkylation sites (N-methyl/N-ethyl adjacent to an activating group) is 1. The summed E-state index contributed by atoms with van der Waals surface area (Å²) in [6.45, 7) is 5.02. The summed E-state index contributed by atoms with van der Waals surface area (Å²) in [5.41, 5.74) is -0.764. The molecule has 1 N–H and O–H groups in total. The second-order valence-electron chi connectivity index (χ2n) is 8.11. The van der Waals surface area contributed by atoms with Gasteiger partial charge in [0.1, 0.15) is 6.61 Å². The molecule has 1 aromatic heterocycles. The second kappa shape index (κ2) is 6.85. The fourth-order valence-corrected chi connectivity index (χ4v) is 3.44. The molecule has 1 unspecified atom stereocenters. The minimum atomic E-state index is -4.85. The van der Waals surface area contributed by atoms with Crippen LogP contribution in [0.5, 0.6) is 11.6 Å². The van der Waals surface area contributed by atoms with E-state index in [-0.39, 0.29) is 29.9 Å². The van der Waals surface area contributed by atoms with Crippen LogP contribution in [-0.4, -0.2) is 54.9 Å². The van der Waals surface area contributed by atoms with Crippen molar-refractivity contribution in [2.24, 2.45) is 10.8 Å². The topological polar surface area (TPSA) is 63.7 Å². The molecule has 0 aromatic carbocycles. The number of hydrogen-bond acceptors (Lipinski definition) is 5. The van der Waals surface area contributed by atoms with E-state index in [4.69, 9.17) is 4.74 Å². The van der Waals surface area contributed by atoms with Gasteiger partial charge in [-0.3, -0.25) is 4.79 Å². The Kier molecular flexibility index (Phi) is 5.00. The van der Waals surface area contributed by atoms with E-state index < -0.39 is 17.5 Å². The summed E-state index contributed by atoms with van der Waals surface area (Å²) in [5, 5.41) is 3.10. The minimum Gasteiger partial charge on any atom is -0.474 e. The third-order valence-corrected chi connectivity index (χ3v) is 5.16. The van der Waals surface area contributed by atoms with E-state index in [0.717, 1.165) is 32.0 Å². The minimum absolute atomic E-state index is 0.0910. The molecule has 0 bridgehead atoms. The smallest absolute Gasteiger partial charge is 0.474 e. The molecule has 1 saturated heterocycles. The van der Waals surface area contributed by atoms with Gasteiger partial charge in [-0.05, 0) is 45.9 Å². The number of rotatable bonds is 6. The molecule has 1 aliphatic carbocycles. The Morgan fingerprint density at radius 1 is 1.41 bits per heavy atom. The molecule has 1 atom stereocenters. The molecule has 27 heavy (non-hydrogen) atoms. The lowest BCUT2D eigenvalue weighted by atomic mass is 9.91. The number of aromatic nitrogens is 1. The van der Waals surface area contributed by atoms with E-state index >= 15 is 0 Å². The number of halogens is 3. The number of amides is 1. The fraction of sp³-hybridized carbons (Fsp3) is 0.667. The van der Waals surface area contributed by atoms with Crippen LogP contribution in [0, 0.1) is 10.8 Å². The number of pyridine rings is 1. The third-order valence-electron chi connectivity index (χ3n) is 5.16. The van der Waals surface area contributed by atoms with Crippen LogP contribution >= 0.6 is 0 Å². The van der Waals surface area contributed by atoms with Gasteiger partial charge in [0.15, 0.2) is 5.75 Å². The highest BCUT2D eigenvalue weighted by Gasteiger charge is 2.55. The molecule has 3 rings (SSSR count). The lowest BCUT2D eigenvalue weighted by molar-refractivity contribution is -0.275. The summed E-state index contributed by atoms with van der Waals surface area (Å²) in [7, 11) is 2.03. The molecule has 2 heterocycles. The fourth-order valence-electron chi connectivity index (χ4n) is 3.44. The molecule has 6 nitrogen and oxygen atoms in total. The third kappa shape index (κ3) is 4.63. The number of nitrogens with zero attached hydrogens (tertiary/aromatic N) is 2. The lowest BCUT2D eigenvalue weighted by Crippen LogP contribution is -2.48. The van der Waals surface area contributed by atoms with Crippen LogP contribution in [0.2, 0.25) is 0 Å². The van der Waals surface area contributed by atoms with E-state index in [1.54, 1.807) is 13.8 Å². The van der Waals surface area contributed by atoms with Crippen LogP contribution in [-0.2, 0) is 4.79 Å². The van der Waals surface area contributed by atoms with Gasteiger partial charge in [0.05, 0.1) is 5.41 Å². The lowest BCUT2D eigenvalue weighted by Gasteiger charge is -2.28. The monoisotopic (exact) mass is 387 g/mol. The SMILES string of the molecule is CN1CC(NC(=O)C(C)(C)COc2ncccc2OC(F)(F)F)C2(CC2)C1. The standard InChI is InChI=1S/C18H24F3N3O3/c1-16(2,15(25)23-13-9-24(3)10-17(13)6-7-17)11-26-14-12(5-4-8-22-14)27-18(19,20)21/h4-5,8,13H,6-7,9-11H2,1-3H3,(H,23,25). The van der Waals surface area contributed by atoms with Crippen LogP contribution in [0.1, 0.15) is 26.7 Å². The molecule has 2 aliphatic rings. The molecular formula is C18H24F3N3O3. The number of carbonyl (C=O) groups is 1. The summed E-state index contributed by atoms with van der Waals surface area (Å²) >= 11 is 0. The molecule has 1 spiro atoms. The highest BCUT2D eigenvalue weighted by molar-refractivity contribution is 5.82. The average Bonchev–Trinajstić information content (AvgIpc) is 3.25. The highest BCUT2D eigenvalue weighted by atomic mass is 19.4. The quantitative estimate of drug-likeness (QED) is 0.813. The van der Waals surface area contributed by atoms with Crippen molar-refractivity contribution in [3.8, 4) is 11.6 Å². The first-order valence-electron chi connectivity index (χ1n) is 8.84. The largest absolute Gasteiger partial charge is 0.573 e. The molecule has 2 fully saturated rings. The maximum Gasteiger partial charge on any atom is 0.573 e. The van der Waals surface area contributed by atoms with Crippen molar-refractivity contribution >= 4 is 5.91 Å². The number of hydrogen-bond donors (Lipinski definition) is 1. The molecular weight excluding hydrogens is 363 g/mol. The molecule has 0 radical (unpaired) electrons. The average molecular weight is 387 g/mol. The Labute approximate surface area is 156 Å². The highest BCUT2D eigenvalue weighted by Crippen LogP contribution is 2.52. The van der Waals surface area contributed by atoms with Crippen LogP contribution in [0.3, 0.4) is 0 Å². The van der Waals surface area contributed by atoms with E-state index in [2.05, 4.69) is 19.9 Å². The summed E-state index contributed by atoms with van der Waals surface area (Å²) in [6.07, 6.45) is -1.34. The maximum atomic E-state index is 12.7. The molecule has 1 aromatic rings. The summed E-state index contributed by atoms with van der Waals surface area (Å²) in [4.78, 5) is 18.7. The Morgan fingerprint density at radius 3 is 2.74 bits per heavy atom. The van der Waals surface area contributed by atoms with E-state index in [9.17, 15) is 18.0 Å². The summed E-state index contributed by atoms with van der Waals surface area (Å²) in [6, 6.07) is 2.53. The molecule has 1 aliphatic heterocycles. The normalized spacial score (nSPS) is 21.9. The molecule has 1 amide bonds. The van der Waals surface area contributed by atoms with Gasteiger partial charge in [0, 0.05) is 30.7 Å². The predicted molar refractivity (Wildman–Crippen MR) is 91.3 cm³/mol. The number of nitrogens with one attached hydrogen (secondary N) is 1. The molecule has 9 heteroatoms. The Balaban J connectivity index is 1.61. The van der Waals surface area contributed by atoms with Crippen molar-refractivity contribution in [2.45, 2.75) is 39.1 Å². The maximum absolute atomic E-state index is 12.7. The zero-order chi connectivity index (χ0) is 19.9. The summed E-state index contributed by atoms with van der Waals surface area (Å²) in [5.74, 6) is -1.02. The van der Waals surface area contributed by atoms with Gasteiger partial charge < -0.3 is 19.7 Å². The zero-order valence-corrected chi connectivity index (χ0v) is 15.6. The zero-order valence-electron chi connectivity index (χ0n) is 15.6. The Morgan fingerprint density at radius 2 is 2.11 bits per heavy atom. The van der Waals surface area contributed by atoms with Crippen molar-refractivity contribution in [3.05, 3.63) is 18.3 Å². The van der Waals surface area contributed by atoms with Crippen molar-refractivity contribution in [1.82, 2.24) is 15.2 Å². The number of carbonyl (C=O) groups excluding carboxylic acids is 1. The van der Waals surface area contributed by atoms with Crippen molar-refractivity contribution < 1.29 is 27.4 Å². The van der Waals surface area contributed by atoms with Gasteiger partial charge in [-0.15, -0.1) is 13.2 Å². The first kappa shape index (κ1) is 19.7. The number of likely N-dealkylation sites (tertiary alicyclic amines) is 1. The van der Waals surface area contributed by atoms with E-state index in [0.29, 0.717) is 0 Å². The van der Waals surface area contributed by atoms with Gasteiger partial charge in [-0.25, -0.2) is 4.98 Å². The number of ether oxygens (including phenoxy) is 2. The Bertz CT molecular complexity index is 705. The van der Waals surface area contributed by atoms with Crippen molar-refractivity contribution in [2.75, 3.05) is 26.7 Å². The van der Waals surface area contributed by atoms with Crippen LogP contribution in [0.25, 0.3) is 0 Å². The Hall–Kier alpha value is -2.03. The van der Waals surface area contributed by atoms with Gasteiger partial charge in [0.2, 0.25) is 5.91 Å². The van der Waals surface area contributed by atoms with Crippen LogP contribution in [0.4, 0.5) is 13.2 Å². The molecule has 150 valence electrons. The second-order valence-corrected chi connectivity index (χ2v) is 8.11. The first-order valence-corrected chi connectivity index (χ1v) is 8.84. The van der Waals surface area contributed by atoms with Gasteiger partial charge in [-0.2, -0.15) is 0 Å². The van der Waals surface area contributed by atoms with Crippen molar-refractivity contribution in [1.29, 1.82) is 0 Å². The van der Waals surface area contributed by atoms with Crippen molar-refractivity contribution in [3.63, 3.8) is 0 Å². The number of alkyl halides is 3.